The van der Waals surface area contributed by atoms with Crippen LogP contribution in [0.5, 0.6) is 0 Å². The molecule has 9 heteroatoms. The van der Waals surface area contributed by atoms with Crippen molar-refractivity contribution in [3.05, 3.63) is 36.0 Å². The van der Waals surface area contributed by atoms with E-state index in [9.17, 15) is 9.50 Å². The van der Waals surface area contributed by atoms with E-state index < -0.39 is 0 Å². The largest absolute Gasteiger partial charge is 0.393 e. The highest BCUT2D eigenvalue weighted by atomic mass is 19.1. The van der Waals surface area contributed by atoms with E-state index in [-0.39, 0.29) is 18.8 Å². The Hall–Kier alpha value is -2.62. The smallest absolute Gasteiger partial charge is 0.224 e. The predicted octanol–water partition coefficient (Wildman–Crippen LogP) is 4.27. The van der Waals surface area contributed by atoms with E-state index in [0.717, 1.165) is 80.7 Å². The maximum atomic E-state index is 12.6. The predicted molar refractivity (Wildman–Crippen MR) is 145 cm³/mol. The Bertz CT molecular complexity index is 1150. The van der Waals surface area contributed by atoms with Gasteiger partial charge in [-0.25, -0.2) is 9.67 Å². The first-order chi connectivity index (χ1) is 18.0. The summed E-state index contributed by atoms with van der Waals surface area (Å²) in [7, 11) is 0. The second-order valence-electron chi connectivity index (χ2n) is 10.8. The summed E-state index contributed by atoms with van der Waals surface area (Å²) in [5.74, 6) is 0.498. The zero-order chi connectivity index (χ0) is 25.8. The molecule has 2 aromatic heterocycles. The van der Waals surface area contributed by atoms with E-state index in [1.165, 1.54) is 5.56 Å². The van der Waals surface area contributed by atoms with Gasteiger partial charge in [-0.05, 0) is 51.5 Å². The van der Waals surface area contributed by atoms with E-state index in [1.807, 2.05) is 10.9 Å². The topological polar surface area (TPSA) is 82.3 Å². The molecule has 0 unspecified atom stereocenters. The molecule has 1 saturated carbocycles. The molecule has 2 fully saturated rings. The van der Waals surface area contributed by atoms with Crippen LogP contribution in [0.4, 0.5) is 10.3 Å². The van der Waals surface area contributed by atoms with Crippen LogP contribution in [0.2, 0.25) is 0 Å². The van der Waals surface area contributed by atoms with Crippen molar-refractivity contribution >= 4 is 17.0 Å². The summed E-state index contributed by atoms with van der Waals surface area (Å²) in [5.41, 5.74) is 4.03. The molecule has 0 radical (unpaired) electrons. The van der Waals surface area contributed by atoms with Crippen molar-refractivity contribution in [2.45, 2.75) is 70.7 Å². The lowest BCUT2D eigenvalue weighted by Crippen LogP contribution is -2.48. The Labute approximate surface area is 218 Å². The Morgan fingerprint density at radius 2 is 1.78 bits per heavy atom. The number of aromatic nitrogens is 4. The van der Waals surface area contributed by atoms with Gasteiger partial charge in [-0.2, -0.15) is 10.1 Å². The van der Waals surface area contributed by atoms with Gasteiger partial charge in [0.15, 0.2) is 5.65 Å². The summed E-state index contributed by atoms with van der Waals surface area (Å²) in [5, 5.41) is 19.1. The number of aliphatic hydroxyl groups is 1. The molecule has 3 heterocycles. The number of halogens is 1. The van der Waals surface area contributed by atoms with Crippen molar-refractivity contribution in [3.63, 3.8) is 0 Å². The summed E-state index contributed by atoms with van der Waals surface area (Å²) in [4.78, 5) is 14.4. The third-order valence-electron chi connectivity index (χ3n) is 7.82. The van der Waals surface area contributed by atoms with Gasteiger partial charge in [0.1, 0.15) is 5.69 Å². The van der Waals surface area contributed by atoms with Crippen molar-refractivity contribution in [1.29, 1.82) is 0 Å². The minimum absolute atomic E-state index is 0.192. The molecule has 1 aliphatic heterocycles. The Morgan fingerprint density at radius 3 is 2.46 bits per heavy atom. The zero-order valence-corrected chi connectivity index (χ0v) is 22.1. The van der Waals surface area contributed by atoms with Crippen molar-refractivity contribution < 1.29 is 9.50 Å². The van der Waals surface area contributed by atoms with Crippen LogP contribution >= 0.6 is 0 Å². The van der Waals surface area contributed by atoms with Crippen LogP contribution in [-0.4, -0.2) is 86.2 Å². The zero-order valence-electron chi connectivity index (χ0n) is 22.1. The van der Waals surface area contributed by atoms with Crippen LogP contribution in [0.1, 0.15) is 57.6 Å². The summed E-state index contributed by atoms with van der Waals surface area (Å²) < 4.78 is 14.6. The third-order valence-corrected chi connectivity index (χ3v) is 7.82. The molecule has 1 saturated heterocycles. The van der Waals surface area contributed by atoms with Gasteiger partial charge in [-0.15, -0.1) is 0 Å². The lowest BCUT2D eigenvalue weighted by Gasteiger charge is -2.36. The molecule has 0 bridgehead atoms. The molecule has 0 amide bonds. The van der Waals surface area contributed by atoms with Gasteiger partial charge in [0, 0.05) is 57.1 Å². The molecule has 5 rings (SSSR count). The molecule has 2 N–H and O–H groups in total. The minimum atomic E-state index is -0.369. The molecule has 200 valence electrons. The van der Waals surface area contributed by atoms with Crippen LogP contribution < -0.4 is 5.32 Å². The van der Waals surface area contributed by atoms with Gasteiger partial charge in [0.2, 0.25) is 5.95 Å². The monoisotopic (exact) mass is 509 g/mol. The van der Waals surface area contributed by atoms with Crippen molar-refractivity contribution in [1.82, 2.24) is 29.5 Å². The number of fused-ring (bicyclic) bond motifs is 1. The van der Waals surface area contributed by atoms with Gasteiger partial charge >= 0.3 is 0 Å². The molecular weight excluding hydrogens is 469 g/mol. The van der Waals surface area contributed by atoms with Crippen molar-refractivity contribution in [2.24, 2.45) is 0 Å². The Morgan fingerprint density at radius 1 is 1.05 bits per heavy atom. The van der Waals surface area contributed by atoms with Crippen molar-refractivity contribution in [3.8, 4) is 11.3 Å². The first-order valence-corrected chi connectivity index (χ1v) is 13.8. The minimum Gasteiger partial charge on any atom is -0.393 e. The van der Waals surface area contributed by atoms with Gasteiger partial charge in [0.05, 0.1) is 24.2 Å². The number of hydrogen-bond acceptors (Lipinski definition) is 7. The van der Waals surface area contributed by atoms with Gasteiger partial charge in [0.25, 0.3) is 0 Å². The molecule has 0 spiro atoms. The standard InChI is InChI=1S/C28H40FN7O/c1-20(2)35-16-14-34(15-17-35)19-21-4-6-22(7-5-21)26-25-18-31-28(30-13-3-12-29)32-27(25)36(33-26)23-8-10-24(37)11-9-23/h4-7,18,20,23-24,37H,3,8-17,19H2,1-2H3,(H,30,31,32)/t23-,24-. The maximum absolute atomic E-state index is 12.6. The average Bonchev–Trinajstić information content (AvgIpc) is 3.29. The van der Waals surface area contributed by atoms with E-state index in [1.54, 1.807) is 0 Å². The van der Waals surface area contributed by atoms with E-state index in [4.69, 9.17) is 10.1 Å². The van der Waals surface area contributed by atoms with Crippen molar-refractivity contribution in [2.75, 3.05) is 44.7 Å². The number of alkyl halides is 1. The van der Waals surface area contributed by atoms with Crippen LogP contribution in [0.3, 0.4) is 0 Å². The molecule has 1 aliphatic carbocycles. The number of nitrogens with one attached hydrogen (secondary N) is 1. The first kappa shape index (κ1) is 26.0. The van der Waals surface area contributed by atoms with Gasteiger partial charge in [-0.3, -0.25) is 14.2 Å². The van der Waals surface area contributed by atoms with Crippen LogP contribution in [0.25, 0.3) is 22.3 Å². The molecule has 8 nitrogen and oxygen atoms in total. The molecular formula is C28H40FN7O. The quantitative estimate of drug-likeness (QED) is 0.417. The number of hydrogen-bond donors (Lipinski definition) is 2. The van der Waals surface area contributed by atoms with Gasteiger partial charge in [-0.1, -0.05) is 24.3 Å². The highest BCUT2D eigenvalue weighted by Crippen LogP contribution is 2.34. The lowest BCUT2D eigenvalue weighted by atomic mass is 9.93. The fraction of sp³-hybridized carbons (Fsp3) is 0.607. The normalized spacial score (nSPS) is 21.6. The number of nitrogens with zero attached hydrogens (tertiary/aromatic N) is 6. The van der Waals surface area contributed by atoms with Gasteiger partial charge < -0.3 is 10.4 Å². The highest BCUT2D eigenvalue weighted by molar-refractivity contribution is 5.91. The molecule has 1 aromatic carbocycles. The number of rotatable bonds is 9. The first-order valence-electron chi connectivity index (χ1n) is 13.8. The summed E-state index contributed by atoms with van der Waals surface area (Å²) in [6.45, 7) is 10.1. The number of piperazine rings is 1. The Kier molecular flexibility index (Phi) is 8.32. The number of anilines is 1. The van der Waals surface area contributed by atoms with Crippen LogP contribution in [0.15, 0.2) is 30.5 Å². The third kappa shape index (κ3) is 6.10. The number of benzene rings is 1. The summed E-state index contributed by atoms with van der Waals surface area (Å²) in [6, 6.07) is 9.53. The van der Waals surface area contributed by atoms with E-state index in [2.05, 4.69) is 58.2 Å². The highest BCUT2D eigenvalue weighted by Gasteiger charge is 2.26. The molecule has 37 heavy (non-hydrogen) atoms. The lowest BCUT2D eigenvalue weighted by molar-refractivity contribution is 0.104. The summed E-state index contributed by atoms with van der Waals surface area (Å²) in [6.07, 6.45) is 5.31. The SMILES string of the molecule is CC(C)N1CCN(Cc2ccc(-c3nn([C@H]4CC[C@H](O)CC4)c4nc(NCCCF)ncc34)cc2)CC1. The maximum Gasteiger partial charge on any atom is 0.224 e. The number of aliphatic hydroxyl groups excluding tert-OH is 1. The van der Waals surface area contributed by atoms with Crippen LogP contribution in [-0.2, 0) is 6.54 Å². The fourth-order valence-corrected chi connectivity index (χ4v) is 5.51. The summed E-state index contributed by atoms with van der Waals surface area (Å²) >= 11 is 0. The second-order valence-corrected chi connectivity index (χ2v) is 10.8. The van der Waals surface area contributed by atoms with Crippen LogP contribution in [0, 0.1) is 0 Å². The van der Waals surface area contributed by atoms with E-state index >= 15 is 0 Å². The molecule has 3 aromatic rings. The Balaban J connectivity index is 1.37. The second kappa shape index (κ2) is 11.8. The van der Waals surface area contributed by atoms with E-state index in [0.29, 0.717) is 25.0 Å². The molecule has 0 atom stereocenters. The molecule has 2 aliphatic rings. The average molecular weight is 510 g/mol. The fourth-order valence-electron chi connectivity index (χ4n) is 5.51.